The lowest BCUT2D eigenvalue weighted by molar-refractivity contribution is -0.117. The fraction of sp³-hybridized carbons (Fsp3) is 0.273. The number of nitrogens with zero attached hydrogens (tertiary/aromatic N) is 1. The van der Waals surface area contributed by atoms with E-state index in [-0.39, 0.29) is 17.4 Å². The molecule has 2 aromatic rings. The average molecular weight is 381 g/mol. The third kappa shape index (κ3) is 4.17. The predicted octanol–water partition coefficient (Wildman–Crippen LogP) is 3.87. The molecule has 1 atom stereocenters. The second-order valence-electron chi connectivity index (χ2n) is 6.91. The molecule has 1 fully saturated rings. The second-order valence-corrected chi connectivity index (χ2v) is 6.91. The van der Waals surface area contributed by atoms with E-state index in [1.807, 2.05) is 31.2 Å². The number of carbonyl (C=O) groups excluding carboxylic acids is 1. The van der Waals surface area contributed by atoms with Crippen molar-refractivity contribution in [2.24, 2.45) is 0 Å². The van der Waals surface area contributed by atoms with Gasteiger partial charge in [0.2, 0.25) is 5.91 Å². The molecule has 1 heterocycles. The first-order valence-corrected chi connectivity index (χ1v) is 8.98. The number of carbonyl (C=O) groups is 2. The Hall–Kier alpha value is -3.28. The van der Waals surface area contributed by atoms with Crippen molar-refractivity contribution in [1.82, 2.24) is 0 Å². The zero-order valence-corrected chi connectivity index (χ0v) is 16.0. The minimum atomic E-state index is -1.04. The first kappa shape index (κ1) is 19.5. The summed E-state index contributed by atoms with van der Waals surface area (Å²) in [7, 11) is 1.44. The SMILES string of the molecule is C=C(C)COc1ccc(N2CC(c3ccc(C(=O)O)c(OC)c3)CC2=O)cc1. The molecular weight excluding hydrogens is 358 g/mol. The molecule has 28 heavy (non-hydrogen) atoms. The Kier molecular flexibility index (Phi) is 5.68. The number of rotatable bonds is 7. The van der Waals surface area contributed by atoms with Gasteiger partial charge in [0.25, 0.3) is 0 Å². The summed E-state index contributed by atoms with van der Waals surface area (Å²) in [5.74, 6) is -0.00851. The number of carboxylic acid groups (broad SMARTS) is 1. The summed E-state index contributed by atoms with van der Waals surface area (Å²) < 4.78 is 10.8. The summed E-state index contributed by atoms with van der Waals surface area (Å²) >= 11 is 0. The molecule has 0 spiro atoms. The molecule has 0 aliphatic carbocycles. The van der Waals surface area contributed by atoms with Gasteiger partial charge in [0.15, 0.2) is 0 Å². The Morgan fingerprint density at radius 2 is 1.96 bits per heavy atom. The van der Waals surface area contributed by atoms with Crippen molar-refractivity contribution in [3.05, 3.63) is 65.7 Å². The summed E-state index contributed by atoms with van der Waals surface area (Å²) in [4.78, 5) is 25.5. The molecule has 1 saturated heterocycles. The van der Waals surface area contributed by atoms with Crippen LogP contribution in [0.5, 0.6) is 11.5 Å². The second kappa shape index (κ2) is 8.17. The van der Waals surface area contributed by atoms with E-state index in [1.165, 1.54) is 13.2 Å². The van der Waals surface area contributed by atoms with E-state index in [1.54, 1.807) is 17.0 Å². The number of anilines is 1. The first-order valence-electron chi connectivity index (χ1n) is 8.98. The van der Waals surface area contributed by atoms with Gasteiger partial charge in [-0.25, -0.2) is 4.79 Å². The molecule has 6 heteroatoms. The molecule has 1 aliphatic rings. The number of carboxylic acids is 1. The highest BCUT2D eigenvalue weighted by atomic mass is 16.5. The molecule has 146 valence electrons. The lowest BCUT2D eigenvalue weighted by Crippen LogP contribution is -2.24. The van der Waals surface area contributed by atoms with E-state index in [4.69, 9.17) is 9.47 Å². The molecule has 6 nitrogen and oxygen atoms in total. The van der Waals surface area contributed by atoms with Crippen molar-refractivity contribution in [2.45, 2.75) is 19.3 Å². The van der Waals surface area contributed by atoms with Crippen LogP contribution in [0.2, 0.25) is 0 Å². The smallest absolute Gasteiger partial charge is 0.339 e. The van der Waals surface area contributed by atoms with Crippen molar-refractivity contribution in [2.75, 3.05) is 25.2 Å². The maximum Gasteiger partial charge on any atom is 0.339 e. The fourth-order valence-corrected chi connectivity index (χ4v) is 3.25. The molecule has 1 amide bonds. The highest BCUT2D eigenvalue weighted by Gasteiger charge is 2.32. The monoisotopic (exact) mass is 381 g/mol. The van der Waals surface area contributed by atoms with Crippen LogP contribution < -0.4 is 14.4 Å². The Morgan fingerprint density at radius 3 is 2.57 bits per heavy atom. The third-order valence-electron chi connectivity index (χ3n) is 4.69. The molecule has 1 N–H and O–H groups in total. The van der Waals surface area contributed by atoms with Crippen molar-refractivity contribution in [1.29, 1.82) is 0 Å². The maximum absolute atomic E-state index is 12.5. The van der Waals surface area contributed by atoms with Gasteiger partial charge in [-0.3, -0.25) is 4.79 Å². The number of ether oxygens (including phenoxy) is 2. The summed E-state index contributed by atoms with van der Waals surface area (Å²) in [6, 6.07) is 12.4. The number of hydrogen-bond donors (Lipinski definition) is 1. The van der Waals surface area contributed by atoms with Gasteiger partial charge >= 0.3 is 5.97 Å². The van der Waals surface area contributed by atoms with E-state index in [0.717, 1.165) is 22.6 Å². The third-order valence-corrected chi connectivity index (χ3v) is 4.69. The van der Waals surface area contributed by atoms with Crippen LogP contribution in [0.1, 0.15) is 35.2 Å². The standard InChI is InChI=1S/C22H23NO5/c1-14(2)13-28-18-7-5-17(6-8-18)23-12-16(11-21(23)24)15-4-9-19(22(25)26)20(10-15)27-3/h4-10,16H,1,11-13H2,2-3H3,(H,25,26). The topological polar surface area (TPSA) is 76.1 Å². The molecule has 3 rings (SSSR count). The molecule has 1 aliphatic heterocycles. The number of aromatic carboxylic acids is 1. The van der Waals surface area contributed by atoms with Gasteiger partial charge in [-0.1, -0.05) is 12.6 Å². The Morgan fingerprint density at radius 1 is 1.25 bits per heavy atom. The van der Waals surface area contributed by atoms with E-state index >= 15 is 0 Å². The molecule has 0 aromatic heterocycles. The van der Waals surface area contributed by atoms with Gasteiger partial charge in [0.05, 0.1) is 7.11 Å². The van der Waals surface area contributed by atoms with Gasteiger partial charge in [-0.2, -0.15) is 0 Å². The Balaban J connectivity index is 1.75. The fourth-order valence-electron chi connectivity index (χ4n) is 3.25. The molecule has 0 bridgehead atoms. The van der Waals surface area contributed by atoms with E-state index < -0.39 is 5.97 Å². The van der Waals surface area contributed by atoms with E-state index in [0.29, 0.717) is 25.3 Å². The predicted molar refractivity (Wildman–Crippen MR) is 106 cm³/mol. The average Bonchev–Trinajstić information content (AvgIpc) is 3.07. The summed E-state index contributed by atoms with van der Waals surface area (Å²) in [5, 5.41) is 9.22. The Bertz CT molecular complexity index is 904. The van der Waals surface area contributed by atoms with Gasteiger partial charge in [-0.15, -0.1) is 0 Å². The maximum atomic E-state index is 12.5. The van der Waals surface area contributed by atoms with Gasteiger partial charge in [0, 0.05) is 24.6 Å². The largest absolute Gasteiger partial charge is 0.496 e. The van der Waals surface area contributed by atoms with Crippen LogP contribution >= 0.6 is 0 Å². The first-order chi connectivity index (χ1) is 13.4. The van der Waals surface area contributed by atoms with E-state index in [9.17, 15) is 14.7 Å². The van der Waals surface area contributed by atoms with Crippen LogP contribution in [0, 0.1) is 0 Å². The summed E-state index contributed by atoms with van der Waals surface area (Å²) in [6.45, 7) is 6.69. The van der Waals surface area contributed by atoms with Crippen LogP contribution in [0.4, 0.5) is 5.69 Å². The Labute approximate surface area is 164 Å². The van der Waals surface area contributed by atoms with Gasteiger partial charge in [-0.05, 0) is 54.5 Å². The normalized spacial score (nSPS) is 16.1. The molecule has 2 aromatic carbocycles. The lowest BCUT2D eigenvalue weighted by atomic mass is 9.96. The van der Waals surface area contributed by atoms with Crippen LogP contribution in [0.3, 0.4) is 0 Å². The zero-order valence-electron chi connectivity index (χ0n) is 16.0. The minimum Gasteiger partial charge on any atom is -0.496 e. The van der Waals surface area contributed by atoms with Crippen LogP contribution in [-0.4, -0.2) is 37.2 Å². The van der Waals surface area contributed by atoms with Crippen molar-refractivity contribution < 1.29 is 24.2 Å². The summed E-state index contributed by atoms with van der Waals surface area (Å²) in [5.41, 5.74) is 2.74. The van der Waals surface area contributed by atoms with Gasteiger partial charge < -0.3 is 19.5 Å². The minimum absolute atomic E-state index is 0.0245. The van der Waals surface area contributed by atoms with Crippen LogP contribution in [-0.2, 0) is 4.79 Å². The molecule has 0 radical (unpaired) electrons. The number of benzene rings is 2. The number of hydrogen-bond acceptors (Lipinski definition) is 4. The molecular formula is C22H23NO5. The number of amides is 1. The lowest BCUT2D eigenvalue weighted by Gasteiger charge is -2.18. The van der Waals surface area contributed by atoms with Crippen LogP contribution in [0.15, 0.2) is 54.6 Å². The highest BCUT2D eigenvalue weighted by Crippen LogP contribution is 2.34. The quantitative estimate of drug-likeness (QED) is 0.737. The van der Waals surface area contributed by atoms with E-state index in [2.05, 4.69) is 6.58 Å². The number of methoxy groups -OCH3 is 1. The highest BCUT2D eigenvalue weighted by molar-refractivity contribution is 5.96. The van der Waals surface area contributed by atoms with Crippen molar-refractivity contribution >= 4 is 17.6 Å². The summed E-state index contributed by atoms with van der Waals surface area (Å²) in [6.07, 6.45) is 0.365. The molecule has 1 unspecified atom stereocenters. The van der Waals surface area contributed by atoms with Crippen molar-refractivity contribution in [3.8, 4) is 11.5 Å². The molecule has 0 saturated carbocycles. The van der Waals surface area contributed by atoms with Gasteiger partial charge in [0.1, 0.15) is 23.7 Å². The van der Waals surface area contributed by atoms with Crippen LogP contribution in [0.25, 0.3) is 0 Å². The zero-order chi connectivity index (χ0) is 20.3. The van der Waals surface area contributed by atoms with Crippen molar-refractivity contribution in [3.63, 3.8) is 0 Å².